The second-order valence-corrected chi connectivity index (χ2v) is 8.61. The first kappa shape index (κ1) is 22.8. The van der Waals surface area contributed by atoms with Crippen molar-refractivity contribution in [3.63, 3.8) is 0 Å². The van der Waals surface area contributed by atoms with Gasteiger partial charge in [0.05, 0.1) is 21.8 Å². The van der Waals surface area contributed by atoms with Crippen LogP contribution in [0.2, 0.25) is 10.0 Å². The Morgan fingerprint density at radius 3 is 2.30 bits per heavy atom. The van der Waals surface area contributed by atoms with Gasteiger partial charge in [-0.1, -0.05) is 53.0 Å². The van der Waals surface area contributed by atoms with Crippen LogP contribution in [0.4, 0.5) is 5.69 Å². The number of hydrogen-bond donors (Lipinski definition) is 1. The molecular formula is C25H22Cl2N4O2. The summed E-state index contributed by atoms with van der Waals surface area (Å²) in [5.41, 5.74) is 3.91. The molecule has 33 heavy (non-hydrogen) atoms. The Kier molecular flexibility index (Phi) is 6.67. The molecule has 0 unspecified atom stereocenters. The fourth-order valence-corrected chi connectivity index (χ4v) is 3.45. The van der Waals surface area contributed by atoms with E-state index in [2.05, 4.69) is 15.4 Å². The van der Waals surface area contributed by atoms with Gasteiger partial charge in [0.25, 0.3) is 5.91 Å². The third kappa shape index (κ3) is 5.35. The number of aromatic nitrogens is 3. The number of anilines is 1. The van der Waals surface area contributed by atoms with Gasteiger partial charge in [-0.15, -0.1) is 5.10 Å². The number of benzene rings is 3. The fraction of sp³-hybridized carbons (Fsp3) is 0.160. The van der Waals surface area contributed by atoms with Gasteiger partial charge < -0.3 is 10.1 Å². The number of ether oxygens (including phenoxy) is 1. The Labute approximate surface area is 202 Å². The average molecular weight is 481 g/mol. The minimum Gasteiger partial charge on any atom is -0.460 e. The summed E-state index contributed by atoms with van der Waals surface area (Å²) in [7, 11) is 0. The van der Waals surface area contributed by atoms with E-state index in [1.165, 1.54) is 6.07 Å². The largest absolute Gasteiger partial charge is 0.460 e. The van der Waals surface area contributed by atoms with E-state index in [0.717, 1.165) is 16.8 Å². The summed E-state index contributed by atoms with van der Waals surface area (Å²) < 4.78 is 7.45. The molecule has 168 valence electrons. The second-order valence-electron chi connectivity index (χ2n) is 7.79. The molecule has 3 aromatic carbocycles. The number of hydrogen-bond acceptors (Lipinski definition) is 4. The highest BCUT2D eigenvalue weighted by Gasteiger charge is 2.16. The predicted molar refractivity (Wildman–Crippen MR) is 132 cm³/mol. The molecule has 1 aromatic heterocycles. The summed E-state index contributed by atoms with van der Waals surface area (Å²) in [4.78, 5) is 17.1. The highest BCUT2D eigenvalue weighted by molar-refractivity contribution is 6.42. The van der Waals surface area contributed by atoms with E-state index in [1.54, 1.807) is 28.9 Å². The van der Waals surface area contributed by atoms with Gasteiger partial charge in [0.1, 0.15) is 0 Å². The molecule has 4 aromatic rings. The van der Waals surface area contributed by atoms with Gasteiger partial charge in [0.2, 0.25) is 0 Å². The molecule has 4 rings (SSSR count). The standard InChI is InChI=1S/C25H22Cl2N4O2/c1-15(2)33-25-29-23(17-6-4-16(3)5-7-17)31(30-25)20-11-9-19(10-12-20)28-24(32)18-8-13-21(26)22(27)14-18/h4-15H,1-3H3,(H,28,32). The Balaban J connectivity index is 1.61. The molecule has 1 N–H and O–H groups in total. The summed E-state index contributed by atoms with van der Waals surface area (Å²) in [6.07, 6.45) is -0.0503. The van der Waals surface area contributed by atoms with Crippen molar-refractivity contribution in [2.45, 2.75) is 26.9 Å². The average Bonchev–Trinajstić information content (AvgIpc) is 3.19. The lowest BCUT2D eigenvalue weighted by Gasteiger charge is -2.09. The first-order valence-electron chi connectivity index (χ1n) is 10.4. The predicted octanol–water partition coefficient (Wildman–Crippen LogP) is 6.59. The maximum absolute atomic E-state index is 12.5. The molecule has 8 heteroatoms. The monoisotopic (exact) mass is 480 g/mol. The van der Waals surface area contributed by atoms with Crippen LogP contribution >= 0.6 is 23.2 Å². The molecule has 0 bridgehead atoms. The highest BCUT2D eigenvalue weighted by Crippen LogP contribution is 2.26. The number of amides is 1. The zero-order chi connectivity index (χ0) is 23.5. The van der Waals surface area contributed by atoms with Crippen LogP contribution in [-0.4, -0.2) is 26.8 Å². The molecule has 0 aliphatic rings. The van der Waals surface area contributed by atoms with Gasteiger partial charge in [0, 0.05) is 16.8 Å². The first-order chi connectivity index (χ1) is 15.8. The molecule has 6 nitrogen and oxygen atoms in total. The third-order valence-corrected chi connectivity index (χ3v) is 5.53. The third-order valence-electron chi connectivity index (χ3n) is 4.79. The fourth-order valence-electron chi connectivity index (χ4n) is 3.15. The van der Waals surface area contributed by atoms with E-state index in [1.807, 2.05) is 57.2 Å². The van der Waals surface area contributed by atoms with E-state index in [4.69, 9.17) is 27.9 Å². The maximum Gasteiger partial charge on any atom is 0.336 e. The zero-order valence-electron chi connectivity index (χ0n) is 18.3. The quantitative estimate of drug-likeness (QED) is 0.337. The van der Waals surface area contributed by atoms with Crippen molar-refractivity contribution in [3.05, 3.63) is 87.9 Å². The van der Waals surface area contributed by atoms with Crippen LogP contribution in [0.3, 0.4) is 0 Å². The topological polar surface area (TPSA) is 69.0 Å². The molecule has 0 atom stereocenters. The molecule has 0 saturated carbocycles. The van der Waals surface area contributed by atoms with Gasteiger partial charge in [-0.2, -0.15) is 4.98 Å². The van der Waals surface area contributed by atoms with E-state index in [-0.39, 0.29) is 12.0 Å². The number of aryl methyl sites for hydroxylation is 1. The molecular weight excluding hydrogens is 459 g/mol. The highest BCUT2D eigenvalue weighted by atomic mass is 35.5. The number of nitrogens with zero attached hydrogens (tertiary/aromatic N) is 3. The van der Waals surface area contributed by atoms with E-state index < -0.39 is 0 Å². The number of carbonyl (C=O) groups is 1. The Bertz CT molecular complexity index is 1280. The lowest BCUT2D eigenvalue weighted by molar-refractivity contribution is 0.102. The molecule has 0 fully saturated rings. The molecule has 0 radical (unpaired) electrons. The summed E-state index contributed by atoms with van der Waals surface area (Å²) in [5.74, 6) is 0.383. The Morgan fingerprint density at radius 2 is 1.67 bits per heavy atom. The number of nitrogens with one attached hydrogen (secondary N) is 1. The van der Waals surface area contributed by atoms with Gasteiger partial charge >= 0.3 is 6.01 Å². The van der Waals surface area contributed by atoms with Crippen LogP contribution in [0, 0.1) is 6.92 Å². The number of carbonyl (C=O) groups excluding carboxylic acids is 1. The Morgan fingerprint density at radius 1 is 0.970 bits per heavy atom. The lowest BCUT2D eigenvalue weighted by atomic mass is 10.1. The van der Waals surface area contributed by atoms with Gasteiger partial charge in [-0.3, -0.25) is 4.79 Å². The zero-order valence-corrected chi connectivity index (χ0v) is 19.9. The summed E-state index contributed by atoms with van der Waals surface area (Å²) >= 11 is 11.9. The maximum atomic E-state index is 12.5. The molecule has 0 aliphatic heterocycles. The van der Waals surface area contributed by atoms with Crippen molar-refractivity contribution in [2.24, 2.45) is 0 Å². The lowest BCUT2D eigenvalue weighted by Crippen LogP contribution is -2.12. The van der Waals surface area contributed by atoms with Crippen LogP contribution in [0.5, 0.6) is 6.01 Å². The smallest absolute Gasteiger partial charge is 0.336 e. The van der Waals surface area contributed by atoms with Gasteiger partial charge in [-0.05, 0) is 63.2 Å². The van der Waals surface area contributed by atoms with E-state index in [0.29, 0.717) is 33.1 Å². The normalized spacial score (nSPS) is 11.0. The molecule has 0 spiro atoms. The summed E-state index contributed by atoms with van der Waals surface area (Å²) in [6, 6.07) is 20.4. The SMILES string of the molecule is Cc1ccc(-c2nc(OC(C)C)nn2-c2ccc(NC(=O)c3ccc(Cl)c(Cl)c3)cc2)cc1. The van der Waals surface area contributed by atoms with Crippen molar-refractivity contribution in [1.29, 1.82) is 0 Å². The summed E-state index contributed by atoms with van der Waals surface area (Å²) in [5, 5.41) is 8.13. The minimum atomic E-state index is -0.282. The van der Waals surface area contributed by atoms with Crippen LogP contribution < -0.4 is 10.1 Å². The van der Waals surface area contributed by atoms with Gasteiger partial charge in [-0.25, -0.2) is 4.68 Å². The number of halogens is 2. The van der Waals surface area contributed by atoms with Gasteiger partial charge in [0.15, 0.2) is 5.82 Å². The second kappa shape index (κ2) is 9.65. The van der Waals surface area contributed by atoms with Crippen molar-refractivity contribution in [1.82, 2.24) is 14.8 Å². The van der Waals surface area contributed by atoms with Crippen molar-refractivity contribution < 1.29 is 9.53 Å². The van der Waals surface area contributed by atoms with Crippen LogP contribution in [0.1, 0.15) is 29.8 Å². The van der Waals surface area contributed by atoms with Crippen molar-refractivity contribution in [2.75, 3.05) is 5.32 Å². The molecule has 1 heterocycles. The van der Waals surface area contributed by atoms with Crippen molar-refractivity contribution >= 4 is 34.8 Å². The number of rotatable bonds is 6. The van der Waals surface area contributed by atoms with Crippen LogP contribution in [-0.2, 0) is 0 Å². The summed E-state index contributed by atoms with van der Waals surface area (Å²) in [6.45, 7) is 5.89. The van der Waals surface area contributed by atoms with Crippen LogP contribution in [0.15, 0.2) is 66.7 Å². The molecule has 0 saturated heterocycles. The Hall–Kier alpha value is -3.35. The van der Waals surface area contributed by atoms with E-state index >= 15 is 0 Å². The molecule has 1 amide bonds. The first-order valence-corrected chi connectivity index (χ1v) is 11.1. The van der Waals surface area contributed by atoms with E-state index in [9.17, 15) is 4.79 Å². The minimum absolute atomic E-state index is 0.0503. The molecule has 0 aliphatic carbocycles. The van der Waals surface area contributed by atoms with Crippen molar-refractivity contribution in [3.8, 4) is 23.1 Å². The van der Waals surface area contributed by atoms with Crippen LogP contribution in [0.25, 0.3) is 17.1 Å².